The van der Waals surface area contributed by atoms with Gasteiger partial charge in [-0.25, -0.2) is 4.79 Å². The molecule has 384 valence electrons. The summed E-state index contributed by atoms with van der Waals surface area (Å²) in [5, 5.41) is 17.7. The highest BCUT2D eigenvalue weighted by atomic mass is 31.2. The van der Waals surface area contributed by atoms with Crippen LogP contribution in [0.3, 0.4) is 0 Å². The molecule has 18 nitrogen and oxygen atoms in total. The van der Waals surface area contributed by atoms with Gasteiger partial charge in [-0.1, -0.05) is 44.2 Å². The van der Waals surface area contributed by atoms with Crippen molar-refractivity contribution in [1.29, 1.82) is 0 Å². The Bertz CT molecular complexity index is 2700. The number of carbonyl (C=O) groups is 5. The number of H-pyrrole nitrogens is 1. The Morgan fingerprint density at radius 2 is 1.68 bits per heavy atom. The Labute approximate surface area is 414 Å². The SMILES string of the molecule is CCOP(=O)(CC(=O)N[C@@]1(CC)C[C@@H]2CN(CCc3c([nH]c4ccccc34)[C@@](C(=O)OC)(c3cc4c(cc3OC)N(C=O)[C@H]3[C@@](O)(C(=O)OC)[C@H](OC(C)=O)[C@]5(CC)C=CCN6CC[C@]43[C@@H]65)C2)C1)OCC. The molecule has 5 aliphatic heterocycles. The quantitative estimate of drug-likeness (QED) is 0.0607. The van der Waals surface area contributed by atoms with Crippen LogP contribution in [-0.2, 0) is 69.0 Å². The van der Waals surface area contributed by atoms with Crippen LogP contribution in [0.2, 0.25) is 0 Å². The van der Waals surface area contributed by atoms with E-state index in [1.807, 2.05) is 56.3 Å². The van der Waals surface area contributed by atoms with Crippen LogP contribution >= 0.6 is 7.60 Å². The van der Waals surface area contributed by atoms with Gasteiger partial charge in [0, 0.05) is 78.2 Å². The van der Waals surface area contributed by atoms with Gasteiger partial charge in [-0.3, -0.25) is 28.6 Å². The van der Waals surface area contributed by atoms with Gasteiger partial charge in [-0.05, 0) is 88.1 Å². The number of aromatic amines is 1. The molecule has 2 amide bonds. The maximum absolute atomic E-state index is 15.7. The predicted molar refractivity (Wildman–Crippen MR) is 262 cm³/mol. The molecule has 19 heteroatoms. The second-order valence-electron chi connectivity index (χ2n) is 20.3. The molecule has 3 aromatic rings. The van der Waals surface area contributed by atoms with E-state index in [0.717, 1.165) is 23.6 Å². The first-order valence-electron chi connectivity index (χ1n) is 24.9. The minimum Gasteiger partial charge on any atom is -0.496 e. The third-order valence-corrected chi connectivity index (χ3v) is 18.9. The number of esters is 3. The summed E-state index contributed by atoms with van der Waals surface area (Å²) in [7, 11) is 0.286. The van der Waals surface area contributed by atoms with Gasteiger partial charge in [0.05, 0.1) is 51.8 Å². The molecule has 0 radical (unpaired) electrons. The number of piperidine rings is 1. The summed E-state index contributed by atoms with van der Waals surface area (Å²) in [6, 6.07) is 9.72. The highest BCUT2D eigenvalue weighted by Crippen LogP contribution is 2.68. The highest BCUT2D eigenvalue weighted by Gasteiger charge is 2.81. The number of nitrogens with one attached hydrogen (secondary N) is 2. The summed E-state index contributed by atoms with van der Waals surface area (Å²) in [6.45, 7) is 11.5. The molecule has 1 unspecified atom stereocenters. The van der Waals surface area contributed by atoms with Gasteiger partial charge in [0.1, 0.15) is 17.3 Å². The van der Waals surface area contributed by atoms with Crippen molar-refractivity contribution in [3.63, 3.8) is 0 Å². The van der Waals surface area contributed by atoms with Crippen molar-refractivity contribution in [3.8, 4) is 5.75 Å². The topological polar surface area (TPSA) is 216 Å². The van der Waals surface area contributed by atoms with E-state index in [4.69, 9.17) is 28.0 Å². The fraction of sp³-hybridized carbons (Fsp3) is 0.596. The second kappa shape index (κ2) is 18.7. The van der Waals surface area contributed by atoms with Crippen molar-refractivity contribution in [2.75, 3.05) is 78.3 Å². The van der Waals surface area contributed by atoms with Crippen LogP contribution in [-0.4, -0.2) is 153 Å². The summed E-state index contributed by atoms with van der Waals surface area (Å²) in [6.07, 6.45) is 4.97. The number of rotatable bonds is 15. The van der Waals surface area contributed by atoms with E-state index < -0.39 is 83.1 Å². The van der Waals surface area contributed by atoms with E-state index >= 15 is 4.79 Å². The Hall–Kier alpha value is -5.10. The number of methoxy groups -OCH3 is 3. The number of fused-ring (bicyclic) bond motifs is 6. The van der Waals surface area contributed by atoms with E-state index in [9.17, 15) is 28.8 Å². The van der Waals surface area contributed by atoms with Crippen molar-refractivity contribution in [2.24, 2.45) is 11.3 Å². The minimum atomic E-state index is -3.74. The second-order valence-corrected chi connectivity index (χ2v) is 22.4. The summed E-state index contributed by atoms with van der Waals surface area (Å²) in [4.78, 5) is 81.0. The lowest BCUT2D eigenvalue weighted by atomic mass is 9.47. The highest BCUT2D eigenvalue weighted by molar-refractivity contribution is 7.54. The number of carbonyl (C=O) groups excluding carboxylic acids is 5. The van der Waals surface area contributed by atoms with Crippen molar-refractivity contribution in [1.82, 2.24) is 20.1 Å². The molecule has 6 heterocycles. The number of para-hydroxylation sites is 1. The number of amides is 2. The lowest BCUT2D eigenvalue weighted by Gasteiger charge is -2.63. The number of aromatic nitrogens is 1. The zero-order valence-electron chi connectivity index (χ0n) is 42.0. The molecule has 1 saturated carbocycles. The average molecular weight is 1000 g/mol. The van der Waals surface area contributed by atoms with Gasteiger partial charge in [0.15, 0.2) is 6.10 Å². The van der Waals surface area contributed by atoms with Crippen LogP contribution < -0.4 is 15.0 Å². The summed E-state index contributed by atoms with van der Waals surface area (Å²) >= 11 is 0. The van der Waals surface area contributed by atoms with Crippen LogP contribution in [0.1, 0.15) is 89.1 Å². The molecule has 1 aliphatic carbocycles. The maximum Gasteiger partial charge on any atom is 0.344 e. The molecular formula is C52H68N5O13P. The lowest BCUT2D eigenvalue weighted by Crippen LogP contribution is -2.81. The van der Waals surface area contributed by atoms with E-state index in [0.29, 0.717) is 93.7 Å². The normalized spacial score (nSPS) is 32.8. The number of benzene rings is 2. The lowest BCUT2D eigenvalue weighted by molar-refractivity contribution is -0.228. The number of hydrogen-bond donors (Lipinski definition) is 3. The van der Waals surface area contributed by atoms with E-state index in [2.05, 4.69) is 20.1 Å². The van der Waals surface area contributed by atoms with Crippen molar-refractivity contribution < 1.29 is 61.6 Å². The first-order valence-corrected chi connectivity index (χ1v) is 26.7. The molecular weight excluding hydrogens is 934 g/mol. The molecule has 71 heavy (non-hydrogen) atoms. The molecule has 3 N–H and O–H groups in total. The third kappa shape index (κ3) is 7.51. The standard InChI is InChI=1S/C52H68N5O13P/c1-9-48(54-41(60)29-71(64,68-11-3)69-12-4)26-33-27-51(46(61)66-7,42-35(18-22-55(28-33)30-48)34-16-13-14-17-38(34)53-42)37-24-36-39(25-40(37)65-6)57(31-58)44-50(36)20-23-56-21-15-19-49(10-2,43(50)56)45(70-32(5)59)52(44,63)47(62)67-8/h13-17,19,24-25,31,33,43-45,53,63H,9-12,18,20-23,26-30H2,1-8H3,(H,54,60)/t33-,43-,44+,45+,48-,49+,50+,51-,52-/m0/s1. The van der Waals surface area contributed by atoms with Crippen molar-refractivity contribution in [3.05, 3.63) is 70.9 Å². The van der Waals surface area contributed by atoms with E-state index in [1.54, 1.807) is 19.9 Å². The monoisotopic (exact) mass is 1000 g/mol. The fourth-order valence-corrected chi connectivity index (χ4v) is 16.1. The van der Waals surface area contributed by atoms with E-state index in [1.165, 1.54) is 26.0 Å². The molecule has 1 aromatic heterocycles. The fourth-order valence-electron chi connectivity index (χ4n) is 14.6. The number of anilines is 1. The zero-order chi connectivity index (χ0) is 50.9. The third-order valence-electron chi connectivity index (χ3n) is 16.9. The Morgan fingerprint density at radius 1 is 0.944 bits per heavy atom. The van der Waals surface area contributed by atoms with Crippen LogP contribution in [0, 0.1) is 11.3 Å². The van der Waals surface area contributed by atoms with E-state index in [-0.39, 0.29) is 31.3 Å². The molecule has 3 fully saturated rings. The molecule has 6 aliphatic rings. The number of nitrogens with zero attached hydrogens (tertiary/aromatic N) is 3. The van der Waals surface area contributed by atoms with Crippen LogP contribution in [0.15, 0.2) is 48.6 Å². The molecule has 1 spiro atoms. The van der Waals surface area contributed by atoms with Crippen molar-refractivity contribution in [2.45, 2.75) is 113 Å². The van der Waals surface area contributed by atoms with Gasteiger partial charge in [0.2, 0.25) is 17.9 Å². The van der Waals surface area contributed by atoms with Crippen LogP contribution in [0.5, 0.6) is 5.75 Å². The Morgan fingerprint density at radius 3 is 2.32 bits per heavy atom. The number of aliphatic hydroxyl groups is 1. The summed E-state index contributed by atoms with van der Waals surface area (Å²) in [5.74, 6) is -2.81. The zero-order valence-corrected chi connectivity index (χ0v) is 42.9. The van der Waals surface area contributed by atoms with Crippen LogP contribution in [0.4, 0.5) is 5.69 Å². The maximum atomic E-state index is 15.7. The van der Waals surface area contributed by atoms with Gasteiger partial charge >= 0.3 is 25.5 Å². The molecule has 2 saturated heterocycles. The number of hydrogen-bond acceptors (Lipinski definition) is 15. The van der Waals surface area contributed by atoms with Crippen LogP contribution in [0.25, 0.3) is 10.9 Å². The summed E-state index contributed by atoms with van der Waals surface area (Å²) < 4.78 is 48.6. The average Bonchev–Trinajstić information content (AvgIpc) is 4.03. The molecule has 2 bridgehead atoms. The smallest absolute Gasteiger partial charge is 0.344 e. The molecule has 2 aromatic carbocycles. The van der Waals surface area contributed by atoms with Gasteiger partial charge in [-0.2, -0.15) is 0 Å². The summed E-state index contributed by atoms with van der Waals surface area (Å²) in [5.41, 5.74) is -3.61. The first-order chi connectivity index (χ1) is 34.0. The van der Waals surface area contributed by atoms with Gasteiger partial charge < -0.3 is 53.2 Å². The Kier molecular flexibility index (Phi) is 13.4. The van der Waals surface area contributed by atoms with Crippen molar-refractivity contribution >= 4 is 54.4 Å². The largest absolute Gasteiger partial charge is 0.496 e. The molecule has 9 rings (SSSR count). The molecule has 10 atom stereocenters. The first kappa shape index (κ1) is 50.8. The number of ether oxygens (including phenoxy) is 4. The minimum absolute atomic E-state index is 0.112. The Balaban J connectivity index is 1.29. The van der Waals surface area contributed by atoms with Gasteiger partial charge in [0.25, 0.3) is 0 Å². The predicted octanol–water partition coefficient (Wildman–Crippen LogP) is 4.91. The van der Waals surface area contributed by atoms with Gasteiger partial charge in [-0.15, -0.1) is 0 Å².